The van der Waals surface area contributed by atoms with Crippen molar-refractivity contribution in [2.24, 2.45) is 0 Å². The minimum Gasteiger partial charge on any atom is -0.493 e. The first-order valence-electron chi connectivity index (χ1n) is 7.70. The summed E-state index contributed by atoms with van der Waals surface area (Å²) in [6, 6.07) is 8.22. The number of nitrogens with zero attached hydrogens (tertiary/aromatic N) is 2. The Kier molecular flexibility index (Phi) is 6.40. The van der Waals surface area contributed by atoms with Gasteiger partial charge in [-0.2, -0.15) is 0 Å². The van der Waals surface area contributed by atoms with Crippen molar-refractivity contribution in [2.75, 3.05) is 31.3 Å². The third-order valence-corrected chi connectivity index (χ3v) is 4.70. The quantitative estimate of drug-likeness (QED) is 0.740. The van der Waals surface area contributed by atoms with Crippen LogP contribution in [0.1, 0.15) is 5.56 Å². The summed E-state index contributed by atoms with van der Waals surface area (Å²) in [7, 11) is -0.741. The zero-order chi connectivity index (χ0) is 19.2. The largest absolute Gasteiger partial charge is 0.493 e. The topological polar surface area (TPSA) is 97.8 Å². The molecule has 0 saturated heterocycles. The lowest BCUT2D eigenvalue weighted by molar-refractivity contribution is -0.119. The molecule has 2 aromatic rings. The SMILES string of the molecule is COc1ccc(N(CC(=O)NCc2cccnc2)S(C)(=O)=O)cc1OC. The molecule has 0 saturated carbocycles. The van der Waals surface area contributed by atoms with Gasteiger partial charge in [0.1, 0.15) is 6.54 Å². The molecule has 140 valence electrons. The molecule has 0 fully saturated rings. The van der Waals surface area contributed by atoms with Crippen molar-refractivity contribution in [3.05, 3.63) is 48.3 Å². The maximum atomic E-state index is 12.2. The summed E-state index contributed by atoms with van der Waals surface area (Å²) in [5.41, 5.74) is 1.12. The number of ether oxygens (including phenoxy) is 2. The molecule has 1 amide bonds. The van der Waals surface area contributed by atoms with Crippen LogP contribution in [0.3, 0.4) is 0 Å². The smallest absolute Gasteiger partial charge is 0.241 e. The Hall–Kier alpha value is -2.81. The van der Waals surface area contributed by atoms with Crippen LogP contribution in [0.25, 0.3) is 0 Å². The Labute approximate surface area is 152 Å². The standard InChI is InChI=1S/C17H21N3O5S/c1-24-15-7-6-14(9-16(15)25-2)20(26(3,22)23)12-17(21)19-11-13-5-4-8-18-10-13/h4-10H,11-12H2,1-3H3,(H,19,21). The third kappa shape index (κ3) is 5.09. The average molecular weight is 379 g/mol. The van der Waals surface area contributed by atoms with Crippen LogP contribution in [0.2, 0.25) is 0 Å². The van der Waals surface area contributed by atoms with Crippen LogP contribution in [0, 0.1) is 0 Å². The molecule has 0 unspecified atom stereocenters. The summed E-state index contributed by atoms with van der Waals surface area (Å²) in [5, 5.41) is 2.68. The van der Waals surface area contributed by atoms with Crippen LogP contribution >= 0.6 is 0 Å². The Balaban J connectivity index is 2.16. The van der Waals surface area contributed by atoms with Gasteiger partial charge >= 0.3 is 0 Å². The molecule has 0 aliphatic rings. The second kappa shape index (κ2) is 8.52. The van der Waals surface area contributed by atoms with Gasteiger partial charge < -0.3 is 14.8 Å². The number of methoxy groups -OCH3 is 2. The number of hydrogen-bond acceptors (Lipinski definition) is 6. The van der Waals surface area contributed by atoms with E-state index in [9.17, 15) is 13.2 Å². The van der Waals surface area contributed by atoms with Crippen LogP contribution in [-0.2, 0) is 21.4 Å². The number of rotatable bonds is 8. The number of carbonyl (C=O) groups excluding carboxylic acids is 1. The minimum atomic E-state index is -3.68. The van der Waals surface area contributed by atoms with E-state index in [0.29, 0.717) is 17.2 Å². The van der Waals surface area contributed by atoms with Gasteiger partial charge in [-0.3, -0.25) is 14.1 Å². The van der Waals surface area contributed by atoms with Crippen molar-refractivity contribution in [2.45, 2.75) is 6.54 Å². The zero-order valence-corrected chi connectivity index (χ0v) is 15.6. The summed E-state index contributed by atoms with van der Waals surface area (Å²) in [6.45, 7) is -0.0925. The Morgan fingerprint density at radius 3 is 2.50 bits per heavy atom. The lowest BCUT2D eigenvalue weighted by Gasteiger charge is -2.23. The van der Waals surface area contributed by atoms with E-state index in [2.05, 4.69) is 10.3 Å². The van der Waals surface area contributed by atoms with E-state index in [-0.39, 0.29) is 13.1 Å². The van der Waals surface area contributed by atoms with Gasteiger partial charge in [-0.25, -0.2) is 8.42 Å². The fourth-order valence-electron chi connectivity index (χ4n) is 2.27. The second-order valence-corrected chi connectivity index (χ2v) is 7.35. The van der Waals surface area contributed by atoms with Gasteiger partial charge in [0.2, 0.25) is 15.9 Å². The molecule has 0 spiro atoms. The number of anilines is 1. The fourth-order valence-corrected chi connectivity index (χ4v) is 3.12. The van der Waals surface area contributed by atoms with E-state index >= 15 is 0 Å². The highest BCUT2D eigenvalue weighted by Crippen LogP contribution is 2.32. The van der Waals surface area contributed by atoms with Crippen LogP contribution in [0.15, 0.2) is 42.7 Å². The van der Waals surface area contributed by atoms with Crippen molar-refractivity contribution in [3.8, 4) is 11.5 Å². The molecule has 0 aliphatic heterocycles. The highest BCUT2D eigenvalue weighted by Gasteiger charge is 2.22. The van der Waals surface area contributed by atoms with E-state index in [1.165, 1.54) is 20.3 Å². The number of hydrogen-bond donors (Lipinski definition) is 1. The lowest BCUT2D eigenvalue weighted by atomic mass is 10.2. The van der Waals surface area contributed by atoms with Gasteiger partial charge in [0.15, 0.2) is 11.5 Å². The molecule has 1 N–H and O–H groups in total. The lowest BCUT2D eigenvalue weighted by Crippen LogP contribution is -2.40. The molecule has 2 rings (SSSR count). The Morgan fingerprint density at radius 2 is 1.92 bits per heavy atom. The molecule has 0 radical (unpaired) electrons. The van der Waals surface area contributed by atoms with E-state index in [1.54, 1.807) is 30.6 Å². The van der Waals surface area contributed by atoms with Crippen LogP contribution in [-0.4, -0.2) is 46.3 Å². The molecule has 0 bridgehead atoms. The maximum Gasteiger partial charge on any atom is 0.241 e. The highest BCUT2D eigenvalue weighted by atomic mass is 32.2. The first-order valence-corrected chi connectivity index (χ1v) is 9.55. The van der Waals surface area contributed by atoms with Gasteiger partial charge in [-0.1, -0.05) is 6.07 Å². The fraction of sp³-hybridized carbons (Fsp3) is 0.294. The first kappa shape index (κ1) is 19.5. The van der Waals surface area contributed by atoms with Crippen molar-refractivity contribution < 1.29 is 22.7 Å². The molecule has 1 aromatic carbocycles. The van der Waals surface area contributed by atoms with Crippen LogP contribution < -0.4 is 19.1 Å². The minimum absolute atomic E-state index is 0.260. The van der Waals surface area contributed by atoms with Crippen molar-refractivity contribution in [1.29, 1.82) is 0 Å². The Bertz CT molecular complexity index is 856. The molecule has 26 heavy (non-hydrogen) atoms. The molecule has 1 heterocycles. The predicted molar refractivity (Wildman–Crippen MR) is 97.8 cm³/mol. The van der Waals surface area contributed by atoms with Crippen molar-refractivity contribution >= 4 is 21.6 Å². The van der Waals surface area contributed by atoms with Crippen LogP contribution in [0.5, 0.6) is 11.5 Å². The maximum absolute atomic E-state index is 12.2. The number of benzene rings is 1. The Morgan fingerprint density at radius 1 is 1.19 bits per heavy atom. The summed E-state index contributed by atoms with van der Waals surface area (Å²) < 4.78 is 35.7. The normalized spacial score (nSPS) is 10.9. The van der Waals surface area contributed by atoms with E-state index in [1.807, 2.05) is 6.07 Å². The number of nitrogens with one attached hydrogen (secondary N) is 1. The van der Waals surface area contributed by atoms with Crippen molar-refractivity contribution in [3.63, 3.8) is 0 Å². The molecule has 0 atom stereocenters. The molecule has 0 aliphatic carbocycles. The molecule has 8 nitrogen and oxygen atoms in total. The first-order chi connectivity index (χ1) is 12.3. The van der Waals surface area contributed by atoms with E-state index in [4.69, 9.17) is 9.47 Å². The van der Waals surface area contributed by atoms with Gasteiger partial charge in [-0.05, 0) is 23.8 Å². The third-order valence-electron chi connectivity index (χ3n) is 3.56. The van der Waals surface area contributed by atoms with Gasteiger partial charge in [0.25, 0.3) is 0 Å². The summed E-state index contributed by atoms with van der Waals surface area (Å²) in [5.74, 6) is 0.397. The molecule has 1 aromatic heterocycles. The van der Waals surface area contributed by atoms with Crippen LogP contribution in [0.4, 0.5) is 5.69 Å². The summed E-state index contributed by atoms with van der Waals surface area (Å²) in [6.07, 6.45) is 4.30. The molecule has 9 heteroatoms. The molecular formula is C17H21N3O5S. The number of amides is 1. The second-order valence-electron chi connectivity index (χ2n) is 5.45. The number of aromatic nitrogens is 1. The van der Waals surface area contributed by atoms with E-state index in [0.717, 1.165) is 16.1 Å². The average Bonchev–Trinajstić information content (AvgIpc) is 2.63. The van der Waals surface area contributed by atoms with Gasteiger partial charge in [0.05, 0.1) is 26.2 Å². The number of pyridine rings is 1. The van der Waals surface area contributed by atoms with Gasteiger partial charge in [0, 0.05) is 25.0 Å². The van der Waals surface area contributed by atoms with Gasteiger partial charge in [-0.15, -0.1) is 0 Å². The predicted octanol–water partition coefficient (Wildman–Crippen LogP) is 1.18. The number of sulfonamides is 1. The summed E-state index contributed by atoms with van der Waals surface area (Å²) in [4.78, 5) is 16.2. The summed E-state index contributed by atoms with van der Waals surface area (Å²) >= 11 is 0. The monoisotopic (exact) mass is 379 g/mol. The van der Waals surface area contributed by atoms with E-state index < -0.39 is 15.9 Å². The molecular weight excluding hydrogens is 358 g/mol. The zero-order valence-electron chi connectivity index (χ0n) is 14.8. The number of carbonyl (C=O) groups is 1. The van der Waals surface area contributed by atoms with Crippen molar-refractivity contribution in [1.82, 2.24) is 10.3 Å². The highest BCUT2D eigenvalue weighted by molar-refractivity contribution is 7.92.